The number of nitrogens with zero attached hydrogens (tertiary/aromatic N) is 1. The number of aromatic hydroxyl groups is 1. The van der Waals surface area contributed by atoms with Crippen LogP contribution in [0.25, 0.3) is 5.76 Å². The minimum Gasteiger partial charge on any atom is -0.508 e. The van der Waals surface area contributed by atoms with Crippen LogP contribution in [0, 0.1) is 6.92 Å². The first-order valence-corrected chi connectivity index (χ1v) is 11.2. The van der Waals surface area contributed by atoms with E-state index in [2.05, 4.69) is 0 Å². The summed E-state index contributed by atoms with van der Waals surface area (Å²) in [5, 5.41) is 21.3. The van der Waals surface area contributed by atoms with Crippen molar-refractivity contribution in [2.45, 2.75) is 13.0 Å². The Labute approximate surface area is 211 Å². The van der Waals surface area contributed by atoms with Gasteiger partial charge in [0.05, 0.1) is 36.4 Å². The predicted octanol–water partition coefficient (Wildman–Crippen LogP) is 5.65. The molecular formula is C26H21Cl2NO6. The number of ether oxygens (including phenoxy) is 2. The Balaban J connectivity index is 2.01. The van der Waals surface area contributed by atoms with Gasteiger partial charge >= 0.3 is 0 Å². The molecule has 0 spiro atoms. The fraction of sp³-hybridized carbons (Fsp3) is 0.154. The van der Waals surface area contributed by atoms with Gasteiger partial charge in [0.25, 0.3) is 11.7 Å². The third-order valence-electron chi connectivity index (χ3n) is 5.76. The van der Waals surface area contributed by atoms with E-state index >= 15 is 0 Å². The Morgan fingerprint density at radius 3 is 2.11 bits per heavy atom. The van der Waals surface area contributed by atoms with Crippen LogP contribution in [0.3, 0.4) is 0 Å². The van der Waals surface area contributed by atoms with Gasteiger partial charge < -0.3 is 19.7 Å². The highest BCUT2D eigenvalue weighted by Crippen LogP contribution is 2.48. The van der Waals surface area contributed by atoms with Crippen LogP contribution in [-0.4, -0.2) is 36.1 Å². The van der Waals surface area contributed by atoms with Crippen LogP contribution in [0.4, 0.5) is 5.69 Å². The maximum Gasteiger partial charge on any atom is 0.300 e. The van der Waals surface area contributed by atoms with Gasteiger partial charge in [-0.05, 0) is 42.8 Å². The van der Waals surface area contributed by atoms with Crippen molar-refractivity contribution in [1.82, 2.24) is 0 Å². The van der Waals surface area contributed by atoms with Crippen molar-refractivity contribution >= 4 is 46.3 Å². The van der Waals surface area contributed by atoms with E-state index in [4.69, 9.17) is 32.7 Å². The molecule has 1 aliphatic rings. The fourth-order valence-corrected chi connectivity index (χ4v) is 4.75. The van der Waals surface area contributed by atoms with E-state index < -0.39 is 23.5 Å². The SMILES string of the molecule is COc1c(Cl)cc(/C(O)=C2\C(=O)C(=O)N(c3ccc(C)cc3)C2c2ccc(O)cc2)c(OC)c1Cl. The summed E-state index contributed by atoms with van der Waals surface area (Å²) in [7, 11) is 2.72. The number of anilines is 1. The van der Waals surface area contributed by atoms with Crippen molar-refractivity contribution in [3.63, 3.8) is 0 Å². The average Bonchev–Trinajstić information content (AvgIpc) is 3.10. The molecule has 0 aromatic heterocycles. The summed E-state index contributed by atoms with van der Waals surface area (Å²) in [6.07, 6.45) is 0. The second kappa shape index (κ2) is 9.52. The molecule has 0 saturated carbocycles. The molecule has 0 aliphatic carbocycles. The van der Waals surface area contributed by atoms with Gasteiger partial charge in [0.2, 0.25) is 0 Å². The Hall–Kier alpha value is -3.68. The van der Waals surface area contributed by atoms with Crippen molar-refractivity contribution in [2.75, 3.05) is 19.1 Å². The van der Waals surface area contributed by atoms with Gasteiger partial charge in [-0.25, -0.2) is 0 Å². The number of rotatable bonds is 5. The number of carbonyl (C=O) groups is 2. The molecule has 0 bridgehead atoms. The summed E-state index contributed by atoms with van der Waals surface area (Å²) in [5.74, 6) is -2.06. The molecule has 3 aromatic rings. The van der Waals surface area contributed by atoms with Gasteiger partial charge in [0, 0.05) is 5.69 Å². The number of amides is 1. The van der Waals surface area contributed by atoms with Gasteiger partial charge in [-0.3, -0.25) is 14.5 Å². The third-order valence-corrected chi connectivity index (χ3v) is 6.38. The minimum atomic E-state index is -0.998. The van der Waals surface area contributed by atoms with Crippen LogP contribution in [0.5, 0.6) is 17.2 Å². The molecule has 1 atom stereocenters. The Morgan fingerprint density at radius 2 is 1.54 bits per heavy atom. The summed E-state index contributed by atoms with van der Waals surface area (Å²) in [5.41, 5.74) is 1.77. The molecular weight excluding hydrogens is 493 g/mol. The second-order valence-electron chi connectivity index (χ2n) is 7.88. The smallest absolute Gasteiger partial charge is 0.300 e. The molecule has 1 unspecified atom stereocenters. The molecule has 3 aromatic carbocycles. The zero-order chi connectivity index (χ0) is 25.4. The second-order valence-corrected chi connectivity index (χ2v) is 8.67. The lowest BCUT2D eigenvalue weighted by atomic mass is 9.94. The highest BCUT2D eigenvalue weighted by Gasteiger charge is 2.47. The third kappa shape index (κ3) is 4.17. The molecule has 0 radical (unpaired) electrons. The van der Waals surface area contributed by atoms with Crippen LogP contribution in [0.2, 0.25) is 10.0 Å². The van der Waals surface area contributed by atoms with Crippen LogP contribution >= 0.6 is 23.2 Å². The van der Waals surface area contributed by atoms with Gasteiger partial charge in [-0.1, -0.05) is 53.0 Å². The van der Waals surface area contributed by atoms with Crippen molar-refractivity contribution in [3.8, 4) is 17.2 Å². The van der Waals surface area contributed by atoms with Crippen molar-refractivity contribution in [2.24, 2.45) is 0 Å². The quantitative estimate of drug-likeness (QED) is 0.260. The van der Waals surface area contributed by atoms with Crippen LogP contribution < -0.4 is 14.4 Å². The monoisotopic (exact) mass is 513 g/mol. The summed E-state index contributed by atoms with van der Waals surface area (Å²) >= 11 is 12.7. The zero-order valence-electron chi connectivity index (χ0n) is 19.0. The first-order valence-electron chi connectivity index (χ1n) is 10.5. The molecule has 4 rings (SSSR count). The highest BCUT2D eigenvalue weighted by atomic mass is 35.5. The minimum absolute atomic E-state index is 0.00186. The maximum atomic E-state index is 13.3. The van der Waals surface area contributed by atoms with Gasteiger partial charge in [-0.2, -0.15) is 0 Å². The van der Waals surface area contributed by atoms with E-state index in [1.54, 1.807) is 24.3 Å². The number of benzene rings is 3. The van der Waals surface area contributed by atoms with E-state index in [0.717, 1.165) is 5.56 Å². The number of carbonyl (C=O) groups excluding carboxylic acids is 2. The lowest BCUT2D eigenvalue weighted by Gasteiger charge is -2.26. The molecule has 1 saturated heterocycles. The number of hydrogen-bond acceptors (Lipinski definition) is 6. The molecule has 35 heavy (non-hydrogen) atoms. The van der Waals surface area contributed by atoms with Crippen molar-refractivity contribution in [1.29, 1.82) is 0 Å². The van der Waals surface area contributed by atoms with Crippen LogP contribution in [0.15, 0.2) is 60.2 Å². The predicted molar refractivity (Wildman–Crippen MR) is 134 cm³/mol. The first kappa shape index (κ1) is 24.4. The Morgan fingerprint density at radius 1 is 0.943 bits per heavy atom. The lowest BCUT2D eigenvalue weighted by Crippen LogP contribution is -2.29. The zero-order valence-corrected chi connectivity index (χ0v) is 20.5. The number of aliphatic hydroxyl groups excluding tert-OH is 1. The molecule has 180 valence electrons. The summed E-state index contributed by atoms with van der Waals surface area (Å²) < 4.78 is 10.6. The largest absolute Gasteiger partial charge is 0.508 e. The molecule has 2 N–H and O–H groups in total. The number of Topliss-reactive ketones (excluding diaryl/α,β-unsaturated/α-hetero) is 1. The summed E-state index contributed by atoms with van der Waals surface area (Å²) in [4.78, 5) is 27.9. The van der Waals surface area contributed by atoms with Gasteiger partial charge in [0.1, 0.15) is 16.5 Å². The van der Waals surface area contributed by atoms with E-state index in [1.165, 1.54) is 37.3 Å². The number of hydrogen-bond donors (Lipinski definition) is 2. The van der Waals surface area contributed by atoms with Gasteiger partial charge in [0.15, 0.2) is 11.5 Å². The number of methoxy groups -OCH3 is 2. The topological polar surface area (TPSA) is 96.3 Å². The fourth-order valence-electron chi connectivity index (χ4n) is 4.07. The average molecular weight is 514 g/mol. The maximum absolute atomic E-state index is 13.3. The molecule has 7 nitrogen and oxygen atoms in total. The van der Waals surface area contributed by atoms with E-state index in [9.17, 15) is 19.8 Å². The van der Waals surface area contributed by atoms with E-state index in [1.807, 2.05) is 19.1 Å². The molecule has 1 heterocycles. The summed E-state index contributed by atoms with van der Waals surface area (Å²) in [6, 6.07) is 13.4. The molecule has 1 aliphatic heterocycles. The van der Waals surface area contributed by atoms with E-state index in [0.29, 0.717) is 11.3 Å². The van der Waals surface area contributed by atoms with Crippen LogP contribution in [0.1, 0.15) is 22.7 Å². The number of halogens is 2. The molecule has 1 fully saturated rings. The van der Waals surface area contributed by atoms with E-state index in [-0.39, 0.29) is 38.4 Å². The van der Waals surface area contributed by atoms with Crippen molar-refractivity contribution in [3.05, 3.63) is 86.9 Å². The highest BCUT2D eigenvalue weighted by molar-refractivity contribution is 6.52. The number of aryl methyl sites for hydroxylation is 1. The number of phenolic OH excluding ortho intramolecular Hbond substituents is 1. The Kier molecular flexibility index (Phi) is 6.65. The summed E-state index contributed by atoms with van der Waals surface area (Å²) in [6.45, 7) is 1.90. The number of ketones is 1. The van der Waals surface area contributed by atoms with Gasteiger partial charge in [-0.15, -0.1) is 0 Å². The van der Waals surface area contributed by atoms with Crippen molar-refractivity contribution < 1.29 is 29.3 Å². The molecule has 9 heteroatoms. The number of aliphatic hydroxyl groups is 1. The standard InChI is InChI=1S/C26H21Cl2NO6/c1-13-4-8-15(9-5-13)29-21(14-6-10-16(30)11-7-14)19(23(32)26(29)33)22(31)17-12-18(27)25(35-3)20(28)24(17)34-2/h4-12,21,30-31H,1-3H3/b22-19+. The molecule has 1 amide bonds. The normalized spacial score (nSPS) is 17.1. The van der Waals surface area contributed by atoms with Crippen LogP contribution in [-0.2, 0) is 9.59 Å². The number of phenols is 1. The first-order chi connectivity index (χ1) is 16.7. The Bertz CT molecular complexity index is 1350. The lowest BCUT2D eigenvalue weighted by molar-refractivity contribution is -0.132.